The Morgan fingerprint density at radius 1 is 0.917 bits per heavy atom. The molecule has 1 aliphatic heterocycles. The Morgan fingerprint density at radius 3 is 2.42 bits per heavy atom. The van der Waals surface area contributed by atoms with Crippen LogP contribution in [0.4, 0.5) is 0 Å². The third kappa shape index (κ3) is 4.90. The van der Waals surface area contributed by atoms with E-state index in [1.807, 2.05) is 29.1 Å². The highest BCUT2D eigenvalue weighted by Crippen LogP contribution is 2.12. The molecular weight excluding hydrogens is 300 g/mol. The number of piperazine rings is 1. The number of aliphatic hydroxyl groups is 1. The van der Waals surface area contributed by atoms with Crippen molar-refractivity contribution in [2.75, 3.05) is 39.3 Å². The first-order valence-corrected chi connectivity index (χ1v) is 9.00. The van der Waals surface area contributed by atoms with Crippen molar-refractivity contribution in [2.24, 2.45) is 0 Å². The number of hydrogen-bond acceptors (Lipinski definition) is 4. The minimum absolute atomic E-state index is 0.324. The van der Waals surface area contributed by atoms with Gasteiger partial charge < -0.3 is 10.0 Å². The fraction of sp³-hybridized carbons (Fsp3) is 0.526. The van der Waals surface area contributed by atoms with Gasteiger partial charge in [0, 0.05) is 51.1 Å². The lowest BCUT2D eigenvalue weighted by atomic mass is 10.2. The van der Waals surface area contributed by atoms with Crippen LogP contribution in [-0.2, 0) is 6.54 Å². The second-order valence-corrected chi connectivity index (χ2v) is 6.53. The Morgan fingerprint density at radius 2 is 1.67 bits per heavy atom. The number of aromatic nitrogens is 2. The van der Waals surface area contributed by atoms with E-state index in [4.69, 9.17) is 5.11 Å². The standard InChI is InChI=1S/C19H28N4O/c24-14-6-2-5-9-21-10-12-22(13-11-21)16-18-15-20-23(17-18)19-7-3-1-4-8-19/h1,3-4,7-8,15,17,24H,2,5-6,9-14,16H2. The monoisotopic (exact) mass is 328 g/mol. The topological polar surface area (TPSA) is 44.5 Å². The Bertz CT molecular complexity index is 590. The van der Waals surface area contributed by atoms with Crippen LogP contribution in [0.2, 0.25) is 0 Å². The van der Waals surface area contributed by atoms with Crippen molar-refractivity contribution in [1.82, 2.24) is 19.6 Å². The van der Waals surface area contributed by atoms with E-state index in [2.05, 4.69) is 33.2 Å². The highest BCUT2D eigenvalue weighted by atomic mass is 16.2. The van der Waals surface area contributed by atoms with Gasteiger partial charge in [0.1, 0.15) is 0 Å². The average molecular weight is 328 g/mol. The van der Waals surface area contributed by atoms with Gasteiger partial charge in [-0.3, -0.25) is 4.90 Å². The largest absolute Gasteiger partial charge is 0.396 e. The van der Waals surface area contributed by atoms with Gasteiger partial charge >= 0.3 is 0 Å². The van der Waals surface area contributed by atoms with Crippen molar-refractivity contribution in [3.05, 3.63) is 48.3 Å². The molecule has 0 spiro atoms. The lowest BCUT2D eigenvalue weighted by Crippen LogP contribution is -2.46. The lowest BCUT2D eigenvalue weighted by molar-refractivity contribution is 0.125. The summed E-state index contributed by atoms with van der Waals surface area (Å²) in [4.78, 5) is 5.05. The first kappa shape index (κ1) is 17.1. The molecule has 1 fully saturated rings. The van der Waals surface area contributed by atoms with Crippen molar-refractivity contribution in [3.63, 3.8) is 0 Å². The molecule has 130 valence electrons. The summed E-state index contributed by atoms with van der Waals surface area (Å²) >= 11 is 0. The minimum atomic E-state index is 0.324. The number of hydrogen-bond donors (Lipinski definition) is 1. The van der Waals surface area contributed by atoms with E-state index >= 15 is 0 Å². The SMILES string of the molecule is OCCCCCN1CCN(Cc2cnn(-c3ccccc3)c2)CC1. The molecule has 5 nitrogen and oxygen atoms in total. The Labute approximate surface area is 144 Å². The molecule has 0 radical (unpaired) electrons. The van der Waals surface area contributed by atoms with E-state index in [0.29, 0.717) is 6.61 Å². The number of unbranched alkanes of at least 4 members (excludes halogenated alkanes) is 2. The Kier molecular flexibility index (Phi) is 6.41. The maximum absolute atomic E-state index is 8.83. The molecule has 1 saturated heterocycles. The van der Waals surface area contributed by atoms with Crippen LogP contribution in [0.1, 0.15) is 24.8 Å². The molecule has 3 rings (SSSR count). The Hall–Kier alpha value is -1.69. The third-order valence-corrected chi connectivity index (χ3v) is 4.66. The first-order chi connectivity index (χ1) is 11.8. The lowest BCUT2D eigenvalue weighted by Gasteiger charge is -2.34. The van der Waals surface area contributed by atoms with Crippen LogP contribution in [0.3, 0.4) is 0 Å². The number of rotatable bonds is 8. The predicted octanol–water partition coefficient (Wildman–Crippen LogP) is 2.15. The van der Waals surface area contributed by atoms with Gasteiger partial charge in [-0.05, 0) is 37.9 Å². The Balaban J connectivity index is 1.43. The van der Waals surface area contributed by atoms with Crippen LogP contribution in [0.15, 0.2) is 42.7 Å². The molecule has 1 N–H and O–H groups in total. The molecule has 0 bridgehead atoms. The van der Waals surface area contributed by atoms with Crippen LogP contribution in [0.5, 0.6) is 0 Å². The zero-order chi connectivity index (χ0) is 16.6. The van der Waals surface area contributed by atoms with Gasteiger partial charge in [-0.2, -0.15) is 5.10 Å². The van der Waals surface area contributed by atoms with E-state index in [1.54, 1.807) is 0 Å². The zero-order valence-corrected chi connectivity index (χ0v) is 14.3. The van der Waals surface area contributed by atoms with Gasteiger partial charge in [0.05, 0.1) is 11.9 Å². The maximum atomic E-state index is 8.83. The van der Waals surface area contributed by atoms with Crippen LogP contribution in [-0.4, -0.2) is 64.0 Å². The van der Waals surface area contributed by atoms with E-state index in [9.17, 15) is 0 Å². The molecule has 24 heavy (non-hydrogen) atoms. The van der Waals surface area contributed by atoms with Crippen molar-refractivity contribution >= 4 is 0 Å². The van der Waals surface area contributed by atoms with Crippen molar-refractivity contribution < 1.29 is 5.11 Å². The molecule has 1 aromatic carbocycles. The molecule has 0 saturated carbocycles. The van der Waals surface area contributed by atoms with E-state index < -0.39 is 0 Å². The van der Waals surface area contributed by atoms with Crippen molar-refractivity contribution in [1.29, 1.82) is 0 Å². The fourth-order valence-corrected chi connectivity index (χ4v) is 3.22. The second kappa shape index (κ2) is 8.97. The van der Waals surface area contributed by atoms with Crippen molar-refractivity contribution in [3.8, 4) is 5.69 Å². The van der Waals surface area contributed by atoms with E-state index in [0.717, 1.165) is 51.3 Å². The van der Waals surface area contributed by atoms with Gasteiger partial charge in [0.15, 0.2) is 0 Å². The van der Waals surface area contributed by atoms with E-state index in [1.165, 1.54) is 18.5 Å². The molecule has 0 atom stereocenters. The van der Waals surface area contributed by atoms with Gasteiger partial charge in [0.2, 0.25) is 0 Å². The second-order valence-electron chi connectivity index (χ2n) is 6.53. The van der Waals surface area contributed by atoms with Gasteiger partial charge in [-0.1, -0.05) is 18.2 Å². The van der Waals surface area contributed by atoms with E-state index in [-0.39, 0.29) is 0 Å². The minimum Gasteiger partial charge on any atom is -0.396 e. The first-order valence-electron chi connectivity index (χ1n) is 9.00. The summed E-state index contributed by atoms with van der Waals surface area (Å²) in [6.07, 6.45) is 7.38. The number of benzene rings is 1. The van der Waals surface area contributed by atoms with Crippen LogP contribution < -0.4 is 0 Å². The molecular formula is C19H28N4O. The summed E-state index contributed by atoms with van der Waals surface area (Å²) in [6.45, 7) is 7.00. The quantitative estimate of drug-likeness (QED) is 0.754. The summed E-state index contributed by atoms with van der Waals surface area (Å²) in [5.41, 5.74) is 2.38. The molecule has 5 heteroatoms. The highest BCUT2D eigenvalue weighted by molar-refractivity contribution is 5.30. The summed E-state index contributed by atoms with van der Waals surface area (Å²) in [5, 5.41) is 13.3. The zero-order valence-electron chi connectivity index (χ0n) is 14.3. The smallest absolute Gasteiger partial charge is 0.0645 e. The summed E-state index contributed by atoms with van der Waals surface area (Å²) in [6, 6.07) is 10.3. The molecule has 1 aliphatic rings. The molecule has 2 heterocycles. The molecule has 0 amide bonds. The van der Waals surface area contributed by atoms with Crippen molar-refractivity contribution in [2.45, 2.75) is 25.8 Å². The number of nitrogens with zero attached hydrogens (tertiary/aromatic N) is 4. The van der Waals surface area contributed by atoms with Gasteiger partial charge in [0.25, 0.3) is 0 Å². The molecule has 2 aromatic rings. The highest BCUT2D eigenvalue weighted by Gasteiger charge is 2.17. The predicted molar refractivity (Wildman–Crippen MR) is 96.2 cm³/mol. The average Bonchev–Trinajstić information content (AvgIpc) is 3.09. The van der Waals surface area contributed by atoms with Crippen LogP contribution in [0, 0.1) is 0 Å². The van der Waals surface area contributed by atoms with Gasteiger partial charge in [-0.25, -0.2) is 4.68 Å². The molecule has 1 aromatic heterocycles. The number of para-hydroxylation sites is 1. The third-order valence-electron chi connectivity index (χ3n) is 4.66. The normalized spacial score (nSPS) is 16.5. The molecule has 0 aliphatic carbocycles. The fourth-order valence-electron chi connectivity index (χ4n) is 3.22. The summed E-state index contributed by atoms with van der Waals surface area (Å²) < 4.78 is 1.95. The summed E-state index contributed by atoms with van der Waals surface area (Å²) in [7, 11) is 0. The van der Waals surface area contributed by atoms with Crippen LogP contribution in [0.25, 0.3) is 5.69 Å². The maximum Gasteiger partial charge on any atom is 0.0645 e. The number of aliphatic hydroxyl groups excluding tert-OH is 1. The van der Waals surface area contributed by atoms with Gasteiger partial charge in [-0.15, -0.1) is 0 Å². The summed E-state index contributed by atoms with van der Waals surface area (Å²) in [5.74, 6) is 0. The molecule has 0 unspecified atom stereocenters. The van der Waals surface area contributed by atoms with Crippen LogP contribution >= 0.6 is 0 Å².